The summed E-state index contributed by atoms with van der Waals surface area (Å²) in [7, 11) is -1.71. The van der Waals surface area contributed by atoms with Crippen molar-refractivity contribution in [2.45, 2.75) is 63.6 Å². The fourth-order valence-electron chi connectivity index (χ4n) is 5.84. The Morgan fingerprint density at radius 3 is 2.31 bits per heavy atom. The first-order valence-electron chi connectivity index (χ1n) is 17.3. The summed E-state index contributed by atoms with van der Waals surface area (Å²) in [5.41, 5.74) is 14.1. The van der Waals surface area contributed by atoms with Crippen molar-refractivity contribution >= 4 is 44.2 Å². The molecule has 2 aromatic heterocycles. The number of piperazine rings is 2. The number of nitrogens with two attached hydrogens (primary N) is 2. The number of amidine groups is 1. The minimum atomic E-state index is -3.83. The van der Waals surface area contributed by atoms with Crippen molar-refractivity contribution in [1.29, 1.82) is 0 Å². The summed E-state index contributed by atoms with van der Waals surface area (Å²) in [4.78, 5) is 43.9. The maximum atomic E-state index is 13.8. The van der Waals surface area contributed by atoms with Crippen molar-refractivity contribution in [2.24, 2.45) is 16.5 Å². The number of allylic oxidation sites excluding steroid dienone is 1. The summed E-state index contributed by atoms with van der Waals surface area (Å²) in [5, 5.41) is 0.428. The van der Waals surface area contributed by atoms with Gasteiger partial charge < -0.3 is 30.9 Å². The number of hydrogen-bond donors (Lipinski definition) is 2. The predicted molar refractivity (Wildman–Crippen MR) is 199 cm³/mol. The first-order valence-corrected chi connectivity index (χ1v) is 18.8. The molecule has 2 fully saturated rings. The number of benzene rings is 1. The van der Waals surface area contributed by atoms with E-state index in [0.717, 1.165) is 26.2 Å². The summed E-state index contributed by atoms with van der Waals surface area (Å²) in [6.45, 7) is 16.9. The van der Waals surface area contributed by atoms with Crippen LogP contribution in [0.3, 0.4) is 0 Å². The van der Waals surface area contributed by atoms with Gasteiger partial charge in [0, 0.05) is 93.5 Å². The topological polar surface area (TPSA) is 189 Å². The third-order valence-corrected chi connectivity index (χ3v) is 12.2. The number of carbonyl (C=O) groups excluding carboxylic acids is 1. The molecule has 2 aliphatic heterocycles. The lowest BCUT2D eigenvalue weighted by Gasteiger charge is -2.37. The first-order chi connectivity index (χ1) is 24.1. The highest BCUT2D eigenvalue weighted by Gasteiger charge is 2.34. The molecule has 3 aromatic rings. The number of aromatic nitrogens is 4. The lowest BCUT2D eigenvalue weighted by Crippen LogP contribution is -2.50. The van der Waals surface area contributed by atoms with Crippen molar-refractivity contribution in [3.8, 4) is 5.75 Å². The molecule has 1 aromatic carbocycles. The van der Waals surface area contributed by atoms with Crippen molar-refractivity contribution in [2.75, 3.05) is 70.9 Å². The molecule has 1 amide bonds. The van der Waals surface area contributed by atoms with E-state index in [1.807, 2.05) is 4.90 Å². The van der Waals surface area contributed by atoms with Gasteiger partial charge in [-0.25, -0.2) is 33.3 Å². The second-order valence-electron chi connectivity index (χ2n) is 14.3. The minimum absolute atomic E-state index is 0.0387. The van der Waals surface area contributed by atoms with Gasteiger partial charge >= 0.3 is 0 Å². The third-order valence-electron chi connectivity index (χ3n) is 9.64. The number of anilines is 1. The molecule has 51 heavy (non-hydrogen) atoms. The summed E-state index contributed by atoms with van der Waals surface area (Å²) in [5.74, 6) is 1.22. The fourth-order valence-corrected chi connectivity index (χ4v) is 7.16. The van der Waals surface area contributed by atoms with E-state index in [2.05, 4.69) is 53.6 Å². The Morgan fingerprint density at radius 2 is 1.69 bits per heavy atom. The van der Waals surface area contributed by atoms with Gasteiger partial charge in [0.1, 0.15) is 22.8 Å². The van der Waals surface area contributed by atoms with E-state index in [0.29, 0.717) is 72.3 Å². The molecule has 2 saturated heterocycles. The number of sulfone groups is 1. The number of aliphatic imine (C=N–C) groups is 1. The molecule has 0 bridgehead atoms. The van der Waals surface area contributed by atoms with Crippen LogP contribution in [0.5, 0.6) is 5.75 Å². The zero-order valence-electron chi connectivity index (χ0n) is 30.8. The van der Waals surface area contributed by atoms with E-state index >= 15 is 0 Å². The van der Waals surface area contributed by atoms with Crippen LogP contribution in [0.15, 0.2) is 52.0 Å². The smallest absolute Gasteiger partial charge is 0.257 e. The van der Waals surface area contributed by atoms with Crippen molar-refractivity contribution in [1.82, 2.24) is 34.6 Å². The molecule has 2 aliphatic rings. The molecular formula is C35H51N11O4S. The predicted octanol–water partition coefficient (Wildman–Crippen LogP) is 2.60. The zero-order chi connectivity index (χ0) is 37.1. The Bertz CT molecular complexity index is 1900. The number of nitrogens with zero attached hydrogens (tertiary/aromatic N) is 9. The summed E-state index contributed by atoms with van der Waals surface area (Å²) in [6, 6.07) is 3.55. The maximum Gasteiger partial charge on any atom is 0.257 e. The van der Waals surface area contributed by atoms with Crippen LogP contribution in [0, 0.1) is 0 Å². The van der Waals surface area contributed by atoms with Gasteiger partial charge in [-0.1, -0.05) is 0 Å². The van der Waals surface area contributed by atoms with Gasteiger partial charge in [-0.2, -0.15) is 0 Å². The molecule has 0 saturated carbocycles. The molecular weight excluding hydrogens is 671 g/mol. The van der Waals surface area contributed by atoms with Crippen molar-refractivity contribution < 1.29 is 17.9 Å². The van der Waals surface area contributed by atoms with Crippen LogP contribution >= 0.6 is 0 Å². The van der Waals surface area contributed by atoms with E-state index in [4.69, 9.17) is 16.2 Å². The normalized spacial score (nSPS) is 19.0. The molecule has 5 rings (SSSR count). The summed E-state index contributed by atoms with van der Waals surface area (Å²) in [6.07, 6.45) is 5.27. The number of hydrogen-bond acceptors (Lipinski definition) is 13. The number of fused-ring (bicyclic) bond motifs is 1. The molecule has 15 nitrogen and oxygen atoms in total. The SMILES string of the molecule is CC(N)=C(C)C(N)=Nc1ncnc2cc(OCCCN3CCN(C(=O)c4cnc(N5CCN(C)[C@H](C)C5)nc4)CC3)c(S(=O)(=O)C(C)(C)C)cc12. The first kappa shape index (κ1) is 37.8. The van der Waals surface area contributed by atoms with E-state index in [1.165, 1.54) is 12.4 Å². The molecule has 276 valence electrons. The highest BCUT2D eigenvalue weighted by Crippen LogP contribution is 2.37. The van der Waals surface area contributed by atoms with Crippen LogP contribution in [-0.4, -0.2) is 132 Å². The second-order valence-corrected chi connectivity index (χ2v) is 17.0. The Labute approximate surface area is 300 Å². The summed E-state index contributed by atoms with van der Waals surface area (Å²) >= 11 is 0. The quantitative estimate of drug-likeness (QED) is 0.177. The van der Waals surface area contributed by atoms with Crippen LogP contribution in [0.2, 0.25) is 0 Å². The molecule has 0 aliphatic carbocycles. The van der Waals surface area contributed by atoms with Gasteiger partial charge in [0.15, 0.2) is 15.7 Å². The Hall–Kier alpha value is -4.41. The van der Waals surface area contributed by atoms with Crippen LogP contribution in [0.1, 0.15) is 58.3 Å². The van der Waals surface area contributed by atoms with Gasteiger partial charge in [0.05, 0.1) is 22.4 Å². The molecule has 0 spiro atoms. The lowest BCUT2D eigenvalue weighted by atomic mass is 10.2. The van der Waals surface area contributed by atoms with Gasteiger partial charge in [-0.15, -0.1) is 0 Å². The number of ether oxygens (including phenoxy) is 1. The molecule has 4 heterocycles. The molecule has 4 N–H and O–H groups in total. The number of rotatable bonds is 10. The zero-order valence-corrected chi connectivity index (χ0v) is 31.6. The highest BCUT2D eigenvalue weighted by molar-refractivity contribution is 7.92. The van der Waals surface area contributed by atoms with Crippen LogP contribution in [0.25, 0.3) is 10.9 Å². The Kier molecular flexibility index (Phi) is 11.5. The third kappa shape index (κ3) is 8.56. The molecule has 1 atom stereocenters. The Morgan fingerprint density at radius 1 is 1.00 bits per heavy atom. The average molecular weight is 722 g/mol. The van der Waals surface area contributed by atoms with Gasteiger partial charge in [0.25, 0.3) is 5.91 Å². The van der Waals surface area contributed by atoms with Gasteiger partial charge in [-0.3, -0.25) is 9.69 Å². The van der Waals surface area contributed by atoms with E-state index in [1.54, 1.807) is 53.1 Å². The van der Waals surface area contributed by atoms with E-state index in [9.17, 15) is 13.2 Å². The number of amides is 1. The van der Waals surface area contributed by atoms with Crippen LogP contribution < -0.4 is 21.1 Å². The minimum Gasteiger partial charge on any atom is -0.492 e. The monoisotopic (exact) mass is 721 g/mol. The highest BCUT2D eigenvalue weighted by atomic mass is 32.2. The second kappa shape index (κ2) is 15.5. The standard InChI is InChI=1S/C35H51N11O4S/c1-23-21-46(13-10-43(23)7)34-38-19-26(20-39-34)33(47)45-14-11-44(12-15-45)9-8-16-50-29-18-28-27(17-30(29)51(48,49)35(4,5)6)32(41-22-40-28)42-31(37)24(2)25(3)36/h17-20,22-23H,8-16,21,36H2,1-7H3,(H2,37,40,41,42)/t23-/m1/s1. The molecule has 0 radical (unpaired) electrons. The van der Waals surface area contributed by atoms with E-state index in [-0.39, 0.29) is 34.8 Å². The molecule has 0 unspecified atom stereocenters. The summed E-state index contributed by atoms with van der Waals surface area (Å²) < 4.78 is 32.6. The Balaban J connectivity index is 1.20. The number of likely N-dealkylation sites (N-methyl/N-ethyl adjacent to an activating group) is 1. The maximum absolute atomic E-state index is 13.8. The fraction of sp³-hybridized carbons (Fsp3) is 0.543. The van der Waals surface area contributed by atoms with E-state index < -0.39 is 14.6 Å². The molecule has 16 heteroatoms. The van der Waals surface area contributed by atoms with Crippen LogP contribution in [-0.2, 0) is 9.84 Å². The lowest BCUT2D eigenvalue weighted by molar-refractivity contribution is 0.0629. The number of carbonyl (C=O) groups is 1. The van der Waals surface area contributed by atoms with Crippen molar-refractivity contribution in [3.63, 3.8) is 0 Å². The van der Waals surface area contributed by atoms with Crippen LogP contribution in [0.4, 0.5) is 11.8 Å². The van der Waals surface area contributed by atoms with Gasteiger partial charge in [-0.05, 0) is 61.1 Å². The van der Waals surface area contributed by atoms with Gasteiger partial charge in [0.2, 0.25) is 5.95 Å². The average Bonchev–Trinajstić information content (AvgIpc) is 3.10. The largest absolute Gasteiger partial charge is 0.492 e. The van der Waals surface area contributed by atoms with Crippen molar-refractivity contribution in [3.05, 3.63) is 47.7 Å².